The van der Waals surface area contributed by atoms with E-state index in [-0.39, 0.29) is 5.97 Å². The molecule has 0 aliphatic carbocycles. The van der Waals surface area contributed by atoms with Crippen molar-refractivity contribution in [3.63, 3.8) is 0 Å². The van der Waals surface area contributed by atoms with Crippen molar-refractivity contribution in [2.45, 2.75) is 57.9 Å². The number of nitrogens with zero attached hydrogens (tertiary/aromatic N) is 3. The molecule has 2 aliphatic rings. The van der Waals surface area contributed by atoms with E-state index in [2.05, 4.69) is 16.8 Å². The molecular formula is C33H41F2N3O4. The average molecular weight is 582 g/mol. The molecule has 2 heterocycles. The number of hydrogen-bond acceptors (Lipinski definition) is 7. The SMILES string of the molecule is COC(=O)C1=C(C)N=C(C)N(CCC[C@H](C)CN2CCC(C(=O)OC)(c3ccccc3)CC2)[C@@H]1c1ccc(F)c(F)c1. The number of ether oxygens (including phenoxy) is 2. The molecule has 0 N–H and O–H groups in total. The molecule has 0 radical (unpaired) electrons. The summed E-state index contributed by atoms with van der Waals surface area (Å²) < 4.78 is 38.3. The van der Waals surface area contributed by atoms with Crippen molar-refractivity contribution >= 4 is 17.8 Å². The largest absolute Gasteiger partial charge is 0.468 e. The monoisotopic (exact) mass is 581 g/mol. The van der Waals surface area contributed by atoms with E-state index in [1.807, 2.05) is 42.2 Å². The van der Waals surface area contributed by atoms with Gasteiger partial charge in [-0.25, -0.2) is 18.6 Å². The summed E-state index contributed by atoms with van der Waals surface area (Å²) in [4.78, 5) is 34.6. The fraction of sp³-hybridized carbons (Fsp3) is 0.485. The molecule has 0 unspecified atom stereocenters. The van der Waals surface area contributed by atoms with Gasteiger partial charge in [0, 0.05) is 13.1 Å². The van der Waals surface area contributed by atoms with E-state index in [0.29, 0.717) is 48.0 Å². The van der Waals surface area contributed by atoms with Gasteiger partial charge in [-0.2, -0.15) is 0 Å². The second kappa shape index (κ2) is 13.6. The summed E-state index contributed by atoms with van der Waals surface area (Å²) in [6.07, 6.45) is 3.14. The highest BCUT2D eigenvalue weighted by Crippen LogP contribution is 2.38. The number of carbonyl (C=O) groups excluding carboxylic acids is 2. The molecule has 2 aromatic rings. The molecule has 4 rings (SSSR count). The summed E-state index contributed by atoms with van der Waals surface area (Å²) in [6, 6.07) is 13.0. The third-order valence-corrected chi connectivity index (χ3v) is 8.66. The van der Waals surface area contributed by atoms with E-state index >= 15 is 0 Å². The van der Waals surface area contributed by atoms with Crippen LogP contribution in [0.2, 0.25) is 0 Å². The molecule has 0 aromatic heterocycles. The van der Waals surface area contributed by atoms with Gasteiger partial charge in [-0.1, -0.05) is 43.3 Å². The van der Waals surface area contributed by atoms with Crippen LogP contribution in [-0.2, 0) is 24.5 Å². The topological polar surface area (TPSA) is 71.4 Å². The van der Waals surface area contributed by atoms with Gasteiger partial charge in [-0.3, -0.25) is 4.79 Å². The van der Waals surface area contributed by atoms with Gasteiger partial charge in [0.15, 0.2) is 11.6 Å². The second-order valence-electron chi connectivity index (χ2n) is 11.4. The lowest BCUT2D eigenvalue weighted by atomic mass is 9.72. The van der Waals surface area contributed by atoms with Crippen LogP contribution < -0.4 is 0 Å². The van der Waals surface area contributed by atoms with Gasteiger partial charge in [0.05, 0.1) is 36.9 Å². The van der Waals surface area contributed by atoms with E-state index in [9.17, 15) is 18.4 Å². The van der Waals surface area contributed by atoms with Crippen molar-refractivity contribution in [1.82, 2.24) is 9.80 Å². The third kappa shape index (κ3) is 6.56. The lowest BCUT2D eigenvalue weighted by Crippen LogP contribution is -2.48. The Morgan fingerprint density at radius 3 is 2.33 bits per heavy atom. The van der Waals surface area contributed by atoms with Crippen molar-refractivity contribution in [3.05, 3.63) is 82.6 Å². The van der Waals surface area contributed by atoms with Gasteiger partial charge in [-0.15, -0.1) is 0 Å². The van der Waals surface area contributed by atoms with Crippen molar-refractivity contribution < 1.29 is 27.8 Å². The first-order chi connectivity index (χ1) is 20.1. The number of halogens is 2. The molecule has 1 saturated heterocycles. The molecule has 0 saturated carbocycles. The van der Waals surface area contributed by atoms with Crippen LogP contribution in [0.3, 0.4) is 0 Å². The number of piperidine rings is 1. The van der Waals surface area contributed by atoms with Gasteiger partial charge < -0.3 is 19.3 Å². The first kappa shape index (κ1) is 31.3. The van der Waals surface area contributed by atoms with Crippen molar-refractivity contribution in [2.24, 2.45) is 10.9 Å². The van der Waals surface area contributed by atoms with E-state index in [1.54, 1.807) is 6.92 Å². The Labute approximate surface area is 247 Å². The molecule has 42 heavy (non-hydrogen) atoms. The van der Waals surface area contributed by atoms with Crippen LogP contribution in [0.1, 0.15) is 63.6 Å². The molecule has 9 heteroatoms. The maximum absolute atomic E-state index is 14.3. The van der Waals surface area contributed by atoms with Crippen LogP contribution in [0.4, 0.5) is 8.78 Å². The summed E-state index contributed by atoms with van der Waals surface area (Å²) in [5.74, 6) is -1.53. The van der Waals surface area contributed by atoms with Crippen LogP contribution in [0.15, 0.2) is 64.8 Å². The van der Waals surface area contributed by atoms with E-state index < -0.39 is 29.1 Å². The van der Waals surface area contributed by atoms with Crippen LogP contribution in [0.25, 0.3) is 0 Å². The lowest BCUT2D eigenvalue weighted by Gasteiger charge is -2.41. The normalized spacial score (nSPS) is 19.7. The average Bonchev–Trinajstić information content (AvgIpc) is 2.99. The molecule has 2 atom stereocenters. The number of esters is 2. The Hall–Kier alpha value is -3.59. The number of hydrogen-bond donors (Lipinski definition) is 0. The van der Waals surface area contributed by atoms with E-state index in [1.165, 1.54) is 20.3 Å². The summed E-state index contributed by atoms with van der Waals surface area (Å²) in [5, 5.41) is 0. The predicted octanol–water partition coefficient (Wildman–Crippen LogP) is 5.81. The number of rotatable bonds is 10. The maximum atomic E-state index is 14.3. The van der Waals surface area contributed by atoms with Gasteiger partial charge in [0.25, 0.3) is 0 Å². The third-order valence-electron chi connectivity index (χ3n) is 8.66. The number of benzene rings is 2. The molecule has 2 aromatic carbocycles. The van der Waals surface area contributed by atoms with Gasteiger partial charge in [-0.05, 0) is 81.8 Å². The molecular weight excluding hydrogens is 540 g/mol. The number of allylic oxidation sites excluding steroid dienone is 1. The highest BCUT2D eigenvalue weighted by molar-refractivity contribution is 5.95. The minimum Gasteiger partial charge on any atom is -0.468 e. The number of carbonyl (C=O) groups is 2. The van der Waals surface area contributed by atoms with E-state index in [4.69, 9.17) is 9.47 Å². The summed E-state index contributed by atoms with van der Waals surface area (Å²) in [5.41, 5.74) is 1.69. The number of amidine groups is 1. The van der Waals surface area contributed by atoms with E-state index in [0.717, 1.165) is 50.2 Å². The molecule has 1 fully saturated rings. The Morgan fingerprint density at radius 1 is 1.02 bits per heavy atom. The van der Waals surface area contributed by atoms with Crippen LogP contribution in [-0.4, -0.2) is 68.0 Å². The first-order valence-electron chi connectivity index (χ1n) is 14.5. The van der Waals surface area contributed by atoms with Crippen LogP contribution in [0, 0.1) is 17.6 Å². The van der Waals surface area contributed by atoms with Gasteiger partial charge in [0.2, 0.25) is 0 Å². The standard InChI is InChI=1S/C33H41F2N3O4/c1-22(21-37-18-15-33(16-19-37,32(40)42-5)26-11-7-6-8-12-26)10-9-17-38-24(3)36-23(2)29(31(39)41-4)30(38)25-13-14-27(34)28(35)20-25/h6-8,11-14,20,22,30H,9-10,15-19,21H2,1-5H3/t22-,30+/m0/s1. The Balaban J connectivity index is 1.40. The zero-order valence-electron chi connectivity index (χ0n) is 25.2. The smallest absolute Gasteiger partial charge is 0.338 e. The fourth-order valence-corrected chi connectivity index (χ4v) is 6.42. The Bertz CT molecular complexity index is 1340. The number of aliphatic imine (C=N–C) groups is 1. The van der Waals surface area contributed by atoms with Gasteiger partial charge >= 0.3 is 11.9 Å². The zero-order valence-corrected chi connectivity index (χ0v) is 25.2. The Morgan fingerprint density at radius 2 is 1.71 bits per heavy atom. The minimum atomic E-state index is -0.965. The molecule has 0 spiro atoms. The number of methoxy groups -OCH3 is 2. The second-order valence-corrected chi connectivity index (χ2v) is 11.4. The highest BCUT2D eigenvalue weighted by Gasteiger charge is 2.44. The summed E-state index contributed by atoms with van der Waals surface area (Å²) in [6.45, 7) is 8.89. The lowest BCUT2D eigenvalue weighted by molar-refractivity contribution is -0.149. The number of likely N-dealkylation sites (tertiary alicyclic amines) is 1. The van der Waals surface area contributed by atoms with Crippen molar-refractivity contribution in [1.29, 1.82) is 0 Å². The molecule has 0 amide bonds. The summed E-state index contributed by atoms with van der Waals surface area (Å²) in [7, 11) is 2.76. The van der Waals surface area contributed by atoms with Crippen molar-refractivity contribution in [3.8, 4) is 0 Å². The minimum absolute atomic E-state index is 0.175. The van der Waals surface area contributed by atoms with Crippen LogP contribution in [0.5, 0.6) is 0 Å². The van der Waals surface area contributed by atoms with Crippen LogP contribution >= 0.6 is 0 Å². The molecule has 2 aliphatic heterocycles. The quantitative estimate of drug-likeness (QED) is 0.330. The molecule has 0 bridgehead atoms. The Kier molecular flexibility index (Phi) is 10.1. The van der Waals surface area contributed by atoms with Gasteiger partial charge in [0.1, 0.15) is 5.84 Å². The van der Waals surface area contributed by atoms with Crippen molar-refractivity contribution in [2.75, 3.05) is 40.4 Å². The zero-order chi connectivity index (χ0) is 30.4. The fourth-order valence-electron chi connectivity index (χ4n) is 6.42. The highest BCUT2D eigenvalue weighted by atomic mass is 19.2. The maximum Gasteiger partial charge on any atom is 0.338 e. The predicted molar refractivity (Wildman–Crippen MR) is 158 cm³/mol. The first-order valence-corrected chi connectivity index (χ1v) is 14.5. The molecule has 226 valence electrons. The summed E-state index contributed by atoms with van der Waals surface area (Å²) >= 11 is 0. The molecule has 7 nitrogen and oxygen atoms in total.